The smallest absolute Gasteiger partial charge is 0.422 e. The van der Waals surface area contributed by atoms with Crippen LogP contribution < -0.4 is 20.5 Å². The first-order valence-corrected chi connectivity index (χ1v) is 14.2. The van der Waals surface area contributed by atoms with Gasteiger partial charge in [0.15, 0.2) is 12.4 Å². The van der Waals surface area contributed by atoms with Gasteiger partial charge < -0.3 is 15.4 Å². The maximum Gasteiger partial charge on any atom is 0.422 e. The molecule has 3 aromatic rings. The number of nitrogens with zero attached hydrogens (tertiary/aromatic N) is 3. The fourth-order valence-electron chi connectivity index (χ4n) is 3.68. The van der Waals surface area contributed by atoms with E-state index in [2.05, 4.69) is 20.7 Å². The number of ether oxygens (including phenoxy) is 1. The Morgan fingerprint density at radius 2 is 1.88 bits per heavy atom. The predicted molar refractivity (Wildman–Crippen MR) is 148 cm³/mol. The molecule has 3 rings (SSSR count). The van der Waals surface area contributed by atoms with Crippen molar-refractivity contribution < 1.29 is 31.7 Å². The minimum Gasteiger partial charge on any atom is -0.467 e. The molecule has 216 valence electrons. The van der Waals surface area contributed by atoms with E-state index in [9.17, 15) is 27.0 Å². The van der Waals surface area contributed by atoms with Crippen LogP contribution in [0.5, 0.6) is 5.88 Å². The lowest BCUT2D eigenvalue weighted by Crippen LogP contribution is -2.47. The van der Waals surface area contributed by atoms with Crippen LogP contribution in [0.1, 0.15) is 40.3 Å². The molecule has 0 spiro atoms. The fraction of sp³-hybridized carbons (Fsp3) is 0.292. The number of benzene rings is 1. The zero-order valence-electron chi connectivity index (χ0n) is 21.6. The molecule has 2 aromatic heterocycles. The summed E-state index contributed by atoms with van der Waals surface area (Å²) in [6, 6.07) is 6.75. The highest BCUT2D eigenvalue weighted by Crippen LogP contribution is 2.29. The molecule has 2 heterocycles. The van der Waals surface area contributed by atoms with Gasteiger partial charge in [-0.3, -0.25) is 18.9 Å². The molecule has 1 aromatic carbocycles. The van der Waals surface area contributed by atoms with Crippen LogP contribution in [0, 0.1) is 6.92 Å². The summed E-state index contributed by atoms with van der Waals surface area (Å²) >= 11 is 12.4. The Morgan fingerprint density at radius 1 is 1.20 bits per heavy atom. The molecular formula is C24H25Cl2F3N6O4S. The van der Waals surface area contributed by atoms with E-state index in [4.69, 9.17) is 33.1 Å². The number of amides is 2. The van der Waals surface area contributed by atoms with Crippen LogP contribution in [0.15, 0.2) is 36.5 Å². The second-order valence-corrected chi connectivity index (χ2v) is 12.4. The third kappa shape index (κ3) is 8.34. The molecular weight excluding hydrogens is 596 g/mol. The molecule has 0 aliphatic heterocycles. The highest BCUT2D eigenvalue weighted by molar-refractivity contribution is 7.98. The summed E-state index contributed by atoms with van der Waals surface area (Å²) in [6.07, 6.45) is -2.00. The molecule has 0 aliphatic rings. The molecule has 0 fully saturated rings. The summed E-state index contributed by atoms with van der Waals surface area (Å²) in [5.41, 5.74) is -1.02. The summed E-state index contributed by atoms with van der Waals surface area (Å²) in [5, 5.41) is 16.3. The normalized spacial score (nSPS) is 13.3. The number of halogens is 5. The molecule has 2 amide bonds. The topological polar surface area (TPSA) is 141 Å². The molecule has 0 saturated carbocycles. The largest absolute Gasteiger partial charge is 0.467 e. The van der Waals surface area contributed by atoms with Crippen LogP contribution in [0.3, 0.4) is 0 Å². The second kappa shape index (κ2) is 11.6. The number of alkyl halides is 3. The van der Waals surface area contributed by atoms with Crippen molar-refractivity contribution in [2.24, 2.45) is 5.14 Å². The van der Waals surface area contributed by atoms with Gasteiger partial charge in [-0.1, -0.05) is 23.2 Å². The average Bonchev–Trinajstić information content (AvgIpc) is 3.21. The Kier molecular flexibility index (Phi) is 9.09. The van der Waals surface area contributed by atoms with Crippen molar-refractivity contribution in [3.8, 4) is 11.7 Å². The molecule has 0 radical (unpaired) electrons. The molecule has 1 unspecified atom stereocenters. The molecule has 0 aliphatic carbocycles. The van der Waals surface area contributed by atoms with Gasteiger partial charge in [0, 0.05) is 38.6 Å². The molecule has 1 atom stereocenters. The van der Waals surface area contributed by atoms with E-state index in [1.54, 1.807) is 20.8 Å². The summed E-state index contributed by atoms with van der Waals surface area (Å²) in [6.45, 7) is 3.09. The van der Waals surface area contributed by atoms with Gasteiger partial charge in [0.2, 0.25) is 5.88 Å². The maximum atomic E-state index is 13.5. The Labute approximate surface area is 238 Å². The van der Waals surface area contributed by atoms with Crippen molar-refractivity contribution >= 4 is 55.8 Å². The predicted octanol–water partition coefficient (Wildman–Crippen LogP) is 4.17. The quantitative estimate of drug-likeness (QED) is 0.323. The van der Waals surface area contributed by atoms with E-state index in [1.807, 2.05) is 0 Å². The van der Waals surface area contributed by atoms with Gasteiger partial charge in [0.05, 0.1) is 21.8 Å². The molecule has 40 heavy (non-hydrogen) atoms. The Bertz CT molecular complexity index is 1570. The lowest BCUT2D eigenvalue weighted by atomic mass is 10.0. The Hall–Kier alpha value is -3.33. The number of nitrogens with one attached hydrogen (secondary N) is 2. The van der Waals surface area contributed by atoms with Crippen LogP contribution >= 0.6 is 23.2 Å². The van der Waals surface area contributed by atoms with E-state index >= 15 is 0 Å². The summed E-state index contributed by atoms with van der Waals surface area (Å²) in [5.74, 6) is -2.12. The monoisotopic (exact) mass is 620 g/mol. The summed E-state index contributed by atoms with van der Waals surface area (Å²) < 4.78 is 55.9. The number of anilines is 1. The van der Waals surface area contributed by atoms with Gasteiger partial charge >= 0.3 is 6.18 Å². The number of nitrogens with two attached hydrogens (primary N) is 1. The van der Waals surface area contributed by atoms with Crippen molar-refractivity contribution in [2.45, 2.75) is 32.5 Å². The van der Waals surface area contributed by atoms with Gasteiger partial charge in [-0.15, -0.1) is 5.10 Å². The molecule has 16 heteroatoms. The number of aromatic nitrogens is 3. The van der Waals surface area contributed by atoms with Crippen LogP contribution in [0.25, 0.3) is 5.82 Å². The minimum atomic E-state index is -4.66. The standard InChI is InChI=1S/C24H25Cl2F3N6O4S/c1-13-8-14(25)9-15(21(36)33-23(2,3)12-40(4,30)38)19(13)32-22(37)17-10-18(39-11-24(27,28)29)34-35(17)20-16(26)6-5-7-31-20/h5-10,12H,11H2,1-4H3,(H2,30,38)(H,32,37)(H,33,36). The number of carbonyl (C=O) groups excluding carboxylic acids is 2. The Morgan fingerprint density at radius 3 is 2.48 bits per heavy atom. The molecule has 4 N–H and O–H groups in total. The first-order chi connectivity index (χ1) is 18.3. The number of carbonyl (C=O) groups is 2. The number of pyridine rings is 1. The highest BCUT2D eigenvalue weighted by Gasteiger charge is 2.30. The molecule has 0 saturated heterocycles. The average molecular weight is 621 g/mol. The van der Waals surface area contributed by atoms with Crippen LogP contribution in [-0.2, 0) is 9.71 Å². The molecule has 0 bridgehead atoms. The van der Waals surface area contributed by atoms with E-state index in [0.717, 1.165) is 10.7 Å². The van der Waals surface area contributed by atoms with E-state index in [0.29, 0.717) is 5.56 Å². The lowest BCUT2D eigenvalue weighted by molar-refractivity contribution is -0.154. The highest BCUT2D eigenvalue weighted by atomic mass is 35.5. The van der Waals surface area contributed by atoms with Crippen molar-refractivity contribution in [2.75, 3.05) is 18.2 Å². The van der Waals surface area contributed by atoms with Crippen LogP contribution in [0.2, 0.25) is 10.0 Å². The fourth-order valence-corrected chi connectivity index (χ4v) is 5.39. The number of hydrogen-bond acceptors (Lipinski definition) is 6. The van der Waals surface area contributed by atoms with Crippen LogP contribution in [0.4, 0.5) is 18.9 Å². The van der Waals surface area contributed by atoms with E-state index < -0.39 is 45.7 Å². The third-order valence-corrected chi connectivity index (χ3v) is 6.56. The summed E-state index contributed by atoms with van der Waals surface area (Å²) in [4.78, 5) is 30.8. The minimum absolute atomic E-state index is 0.0464. The lowest BCUT2D eigenvalue weighted by Gasteiger charge is -2.24. The number of aryl methyl sites for hydroxylation is 1. The van der Waals surface area contributed by atoms with Crippen molar-refractivity contribution in [1.29, 1.82) is 0 Å². The van der Waals surface area contributed by atoms with Crippen LogP contribution in [-0.4, -0.2) is 60.7 Å². The first-order valence-electron chi connectivity index (χ1n) is 11.3. The van der Waals surface area contributed by atoms with E-state index in [-0.39, 0.29) is 32.8 Å². The van der Waals surface area contributed by atoms with Gasteiger partial charge in [0.1, 0.15) is 5.69 Å². The third-order valence-electron chi connectivity index (χ3n) is 4.99. The molecule has 10 nitrogen and oxygen atoms in total. The zero-order valence-corrected chi connectivity index (χ0v) is 23.9. The number of rotatable bonds is 8. The van der Waals surface area contributed by atoms with Gasteiger partial charge in [-0.25, -0.2) is 9.67 Å². The Balaban J connectivity index is 2.04. The van der Waals surface area contributed by atoms with Crippen molar-refractivity contribution in [3.05, 3.63) is 63.4 Å². The summed E-state index contributed by atoms with van der Waals surface area (Å²) in [7, 11) is -2.83. The van der Waals surface area contributed by atoms with Gasteiger partial charge in [-0.2, -0.15) is 13.2 Å². The zero-order chi connectivity index (χ0) is 30.0. The maximum absolute atomic E-state index is 13.5. The van der Waals surface area contributed by atoms with Crippen molar-refractivity contribution in [1.82, 2.24) is 20.1 Å². The number of hydrogen-bond donors (Lipinski definition) is 3. The SMILES string of the molecule is Cc1cc(Cl)cc(C(=O)NC(C)(C)C=S(C)(N)=O)c1NC(=O)c1cc(OCC(F)(F)F)nn1-c1ncccc1Cl. The van der Waals surface area contributed by atoms with E-state index in [1.165, 1.54) is 42.1 Å². The van der Waals surface area contributed by atoms with Gasteiger partial charge in [0.25, 0.3) is 11.8 Å². The van der Waals surface area contributed by atoms with Gasteiger partial charge in [-0.05, 0) is 50.6 Å². The second-order valence-electron chi connectivity index (χ2n) is 9.35. The first kappa shape index (κ1) is 31.2. The van der Waals surface area contributed by atoms with Crippen molar-refractivity contribution in [3.63, 3.8) is 0 Å².